The van der Waals surface area contributed by atoms with E-state index < -0.39 is 10.0 Å². The molecule has 0 aliphatic heterocycles. The van der Waals surface area contributed by atoms with Gasteiger partial charge in [0, 0.05) is 36.0 Å². The highest BCUT2D eigenvalue weighted by Gasteiger charge is 2.19. The molecule has 4 N–H and O–H groups in total. The van der Waals surface area contributed by atoms with Crippen LogP contribution in [0.5, 0.6) is 0 Å². The Labute approximate surface area is 121 Å². The first-order valence-corrected chi connectivity index (χ1v) is 7.79. The molecule has 21 heavy (non-hydrogen) atoms. The first kappa shape index (κ1) is 13.7. The summed E-state index contributed by atoms with van der Waals surface area (Å²) < 4.78 is 29.0. The van der Waals surface area contributed by atoms with Gasteiger partial charge in [0.05, 0.1) is 12.2 Å². The van der Waals surface area contributed by atoms with E-state index in [0.29, 0.717) is 16.6 Å². The average molecular weight is 305 g/mol. The monoisotopic (exact) mass is 305 g/mol. The van der Waals surface area contributed by atoms with E-state index in [2.05, 4.69) is 14.8 Å². The van der Waals surface area contributed by atoms with E-state index in [1.54, 1.807) is 42.2 Å². The van der Waals surface area contributed by atoms with Gasteiger partial charge in [-0.25, -0.2) is 13.1 Å². The lowest BCUT2D eigenvalue weighted by molar-refractivity contribution is 0.578. The molecule has 0 fully saturated rings. The number of fused-ring (bicyclic) bond motifs is 1. The van der Waals surface area contributed by atoms with E-state index in [4.69, 9.17) is 5.73 Å². The van der Waals surface area contributed by atoms with Crippen LogP contribution in [0.1, 0.15) is 5.69 Å². The molecule has 8 heteroatoms. The number of H-pyrrole nitrogens is 1. The van der Waals surface area contributed by atoms with Gasteiger partial charge in [-0.15, -0.1) is 0 Å². The minimum Gasteiger partial charge on any atom is -0.399 e. The third-order valence-electron chi connectivity index (χ3n) is 3.32. The zero-order chi connectivity index (χ0) is 15.0. The molecule has 110 valence electrons. The quantitative estimate of drug-likeness (QED) is 0.624. The summed E-state index contributed by atoms with van der Waals surface area (Å²) in [5.41, 5.74) is 7.74. The maximum absolute atomic E-state index is 12.4. The van der Waals surface area contributed by atoms with E-state index >= 15 is 0 Å². The minimum atomic E-state index is -3.61. The van der Waals surface area contributed by atoms with Gasteiger partial charge in [-0.3, -0.25) is 4.68 Å². The molecule has 0 aliphatic rings. The number of aromatic nitrogens is 3. The van der Waals surface area contributed by atoms with Gasteiger partial charge in [0.25, 0.3) is 0 Å². The summed E-state index contributed by atoms with van der Waals surface area (Å²) >= 11 is 0. The Balaban J connectivity index is 1.91. The summed E-state index contributed by atoms with van der Waals surface area (Å²) in [6.45, 7) is 0.181. The molecule has 2 heterocycles. The Hall–Kier alpha value is -2.32. The fraction of sp³-hybridized carbons (Fsp3) is 0.154. The third kappa shape index (κ3) is 2.50. The lowest BCUT2D eigenvalue weighted by Crippen LogP contribution is -2.24. The fourth-order valence-corrected chi connectivity index (χ4v) is 3.34. The Kier molecular flexibility index (Phi) is 3.19. The highest BCUT2D eigenvalue weighted by Crippen LogP contribution is 2.24. The predicted molar refractivity (Wildman–Crippen MR) is 79.9 cm³/mol. The molecule has 7 nitrogen and oxygen atoms in total. The van der Waals surface area contributed by atoms with Crippen LogP contribution in [-0.4, -0.2) is 23.2 Å². The zero-order valence-electron chi connectivity index (χ0n) is 11.4. The molecule has 0 radical (unpaired) electrons. The summed E-state index contributed by atoms with van der Waals surface area (Å²) in [5, 5.41) is 4.61. The topological polar surface area (TPSA) is 106 Å². The number of nitrogens with one attached hydrogen (secondary N) is 2. The number of nitrogen functional groups attached to an aromatic ring is 1. The van der Waals surface area contributed by atoms with Crippen LogP contribution < -0.4 is 10.5 Å². The lowest BCUT2D eigenvalue weighted by Gasteiger charge is -2.06. The maximum atomic E-state index is 12.4. The Morgan fingerprint density at radius 1 is 1.38 bits per heavy atom. The average Bonchev–Trinajstić information content (AvgIpc) is 3.02. The SMILES string of the molecule is Cn1nccc1CNS(=O)(=O)c1c[nH]c2cc(N)ccc12. The van der Waals surface area contributed by atoms with Crippen LogP contribution in [0.4, 0.5) is 5.69 Å². The molecule has 3 rings (SSSR count). The molecule has 0 spiro atoms. The van der Waals surface area contributed by atoms with Crippen molar-refractivity contribution in [1.82, 2.24) is 19.5 Å². The number of hydrogen-bond donors (Lipinski definition) is 3. The molecule has 0 saturated heterocycles. The van der Waals surface area contributed by atoms with Crippen molar-refractivity contribution in [3.05, 3.63) is 42.4 Å². The van der Waals surface area contributed by atoms with Crippen molar-refractivity contribution in [2.24, 2.45) is 7.05 Å². The maximum Gasteiger partial charge on any atom is 0.243 e. The van der Waals surface area contributed by atoms with Crippen LogP contribution in [0.15, 0.2) is 41.6 Å². The van der Waals surface area contributed by atoms with Crippen molar-refractivity contribution in [2.75, 3.05) is 5.73 Å². The highest BCUT2D eigenvalue weighted by atomic mass is 32.2. The van der Waals surface area contributed by atoms with Crippen LogP contribution in [0, 0.1) is 0 Å². The van der Waals surface area contributed by atoms with Gasteiger partial charge >= 0.3 is 0 Å². The van der Waals surface area contributed by atoms with Crippen molar-refractivity contribution in [3.8, 4) is 0 Å². The predicted octanol–water partition coefficient (Wildman–Crippen LogP) is 0.962. The minimum absolute atomic E-state index is 0.181. The number of aryl methyl sites for hydroxylation is 1. The summed E-state index contributed by atoms with van der Waals surface area (Å²) in [4.78, 5) is 3.13. The molecular formula is C13H15N5O2S. The number of rotatable bonds is 4. The van der Waals surface area contributed by atoms with Crippen LogP contribution >= 0.6 is 0 Å². The molecule has 0 bridgehead atoms. The van der Waals surface area contributed by atoms with E-state index in [-0.39, 0.29) is 11.4 Å². The van der Waals surface area contributed by atoms with E-state index in [1.807, 2.05) is 0 Å². The first-order chi connectivity index (χ1) is 9.97. The number of benzene rings is 1. The summed E-state index contributed by atoms with van der Waals surface area (Å²) in [7, 11) is -1.85. The second kappa shape index (κ2) is 4.90. The lowest BCUT2D eigenvalue weighted by atomic mass is 10.2. The van der Waals surface area contributed by atoms with Gasteiger partial charge in [-0.05, 0) is 24.3 Å². The molecule has 0 aliphatic carbocycles. The summed E-state index contributed by atoms with van der Waals surface area (Å²) in [5.74, 6) is 0. The number of anilines is 1. The van der Waals surface area contributed by atoms with Gasteiger partial charge in [-0.2, -0.15) is 5.10 Å². The summed E-state index contributed by atoms with van der Waals surface area (Å²) in [6.07, 6.45) is 3.09. The molecule has 2 aromatic heterocycles. The highest BCUT2D eigenvalue weighted by molar-refractivity contribution is 7.89. The third-order valence-corrected chi connectivity index (χ3v) is 4.76. The molecule has 0 unspecified atom stereocenters. The van der Waals surface area contributed by atoms with Crippen molar-refractivity contribution < 1.29 is 8.42 Å². The molecule has 1 aromatic carbocycles. The number of sulfonamides is 1. The Bertz CT molecular complexity index is 894. The van der Waals surface area contributed by atoms with Crippen LogP contribution in [0.2, 0.25) is 0 Å². The van der Waals surface area contributed by atoms with Gasteiger partial charge in [0.2, 0.25) is 10.0 Å². The molecule has 3 aromatic rings. The van der Waals surface area contributed by atoms with E-state index in [0.717, 1.165) is 5.69 Å². The van der Waals surface area contributed by atoms with E-state index in [1.165, 1.54) is 6.20 Å². The summed E-state index contributed by atoms with van der Waals surface area (Å²) in [6, 6.07) is 6.84. The second-order valence-corrected chi connectivity index (χ2v) is 6.46. The van der Waals surface area contributed by atoms with Crippen molar-refractivity contribution in [2.45, 2.75) is 11.4 Å². The normalized spacial score (nSPS) is 12.0. The number of hydrogen-bond acceptors (Lipinski definition) is 4. The first-order valence-electron chi connectivity index (χ1n) is 6.30. The van der Waals surface area contributed by atoms with Gasteiger partial charge < -0.3 is 10.7 Å². The standard InChI is InChI=1S/C13H15N5O2S/c1-18-10(4-5-16-18)7-17-21(19,20)13-8-15-12-6-9(14)2-3-11(12)13/h2-6,8,15,17H,7,14H2,1H3. The Morgan fingerprint density at radius 3 is 2.90 bits per heavy atom. The molecular weight excluding hydrogens is 290 g/mol. The van der Waals surface area contributed by atoms with Gasteiger partial charge in [0.15, 0.2) is 0 Å². The second-order valence-electron chi connectivity index (χ2n) is 4.73. The van der Waals surface area contributed by atoms with Crippen molar-refractivity contribution >= 4 is 26.6 Å². The van der Waals surface area contributed by atoms with Crippen LogP contribution in [-0.2, 0) is 23.6 Å². The number of nitrogens with zero attached hydrogens (tertiary/aromatic N) is 2. The van der Waals surface area contributed by atoms with Gasteiger partial charge in [0.1, 0.15) is 4.90 Å². The molecule has 0 saturated carbocycles. The van der Waals surface area contributed by atoms with Crippen LogP contribution in [0.3, 0.4) is 0 Å². The molecule has 0 atom stereocenters. The van der Waals surface area contributed by atoms with Crippen LogP contribution in [0.25, 0.3) is 10.9 Å². The molecule has 0 amide bonds. The number of aromatic amines is 1. The van der Waals surface area contributed by atoms with Crippen molar-refractivity contribution in [1.29, 1.82) is 0 Å². The smallest absolute Gasteiger partial charge is 0.243 e. The van der Waals surface area contributed by atoms with E-state index in [9.17, 15) is 8.42 Å². The Morgan fingerprint density at radius 2 is 2.19 bits per heavy atom. The van der Waals surface area contributed by atoms with Crippen molar-refractivity contribution in [3.63, 3.8) is 0 Å². The largest absolute Gasteiger partial charge is 0.399 e. The fourth-order valence-electron chi connectivity index (χ4n) is 2.16. The van der Waals surface area contributed by atoms with Gasteiger partial charge in [-0.1, -0.05) is 0 Å². The number of nitrogens with two attached hydrogens (primary N) is 1. The zero-order valence-corrected chi connectivity index (χ0v) is 12.2.